The van der Waals surface area contributed by atoms with Crippen LogP contribution in [0.25, 0.3) is 11.1 Å². The van der Waals surface area contributed by atoms with Crippen molar-refractivity contribution in [2.45, 2.75) is 32.2 Å². The number of hydrogen-bond donors (Lipinski definition) is 1. The highest BCUT2D eigenvalue weighted by Gasteiger charge is 2.24. The molecule has 104 valence electrons. The zero-order chi connectivity index (χ0) is 13.9. The van der Waals surface area contributed by atoms with Crippen molar-refractivity contribution in [3.8, 4) is 11.1 Å². The second-order valence-electron chi connectivity index (χ2n) is 5.62. The Morgan fingerprint density at radius 2 is 2.00 bits per heavy atom. The maximum absolute atomic E-state index is 12.5. The molecule has 1 aliphatic carbocycles. The van der Waals surface area contributed by atoms with E-state index in [-0.39, 0.29) is 5.91 Å². The van der Waals surface area contributed by atoms with Gasteiger partial charge in [-0.1, -0.05) is 37.3 Å². The van der Waals surface area contributed by atoms with Crippen molar-refractivity contribution in [3.63, 3.8) is 0 Å². The average molecular weight is 285 g/mol. The first kappa shape index (κ1) is 13.4. The topological polar surface area (TPSA) is 29.1 Å². The lowest BCUT2D eigenvalue weighted by Gasteiger charge is -2.12. The number of thiophene rings is 1. The highest BCUT2D eigenvalue weighted by molar-refractivity contribution is 7.12. The van der Waals surface area contributed by atoms with Gasteiger partial charge >= 0.3 is 0 Å². The van der Waals surface area contributed by atoms with Crippen molar-refractivity contribution < 1.29 is 4.79 Å². The molecule has 1 aromatic carbocycles. The Balaban J connectivity index is 1.78. The highest BCUT2D eigenvalue weighted by Crippen LogP contribution is 2.29. The predicted molar refractivity (Wildman–Crippen MR) is 84.0 cm³/mol. The van der Waals surface area contributed by atoms with Crippen LogP contribution in [0.2, 0.25) is 0 Å². The van der Waals surface area contributed by atoms with E-state index in [0.717, 1.165) is 34.8 Å². The van der Waals surface area contributed by atoms with Crippen LogP contribution in [0.5, 0.6) is 0 Å². The molecule has 1 heterocycles. The minimum Gasteiger partial charge on any atom is -0.349 e. The van der Waals surface area contributed by atoms with Crippen molar-refractivity contribution >= 4 is 17.2 Å². The third-order valence-electron chi connectivity index (χ3n) is 3.99. The number of rotatable bonds is 3. The molecule has 1 amide bonds. The van der Waals surface area contributed by atoms with Crippen molar-refractivity contribution in [2.75, 3.05) is 0 Å². The van der Waals surface area contributed by atoms with Crippen LogP contribution in [0, 0.1) is 5.92 Å². The highest BCUT2D eigenvalue weighted by atomic mass is 32.1. The SMILES string of the molecule is CC1CCC(NC(=O)c2sccc2-c2ccccc2)C1. The second kappa shape index (κ2) is 5.80. The van der Waals surface area contributed by atoms with Gasteiger partial charge in [-0.15, -0.1) is 11.3 Å². The molecular weight excluding hydrogens is 266 g/mol. The van der Waals surface area contributed by atoms with Crippen LogP contribution in [0.1, 0.15) is 35.9 Å². The molecule has 0 spiro atoms. The Hall–Kier alpha value is -1.61. The maximum atomic E-state index is 12.5. The molecule has 3 rings (SSSR count). The smallest absolute Gasteiger partial charge is 0.262 e. The minimum atomic E-state index is 0.0814. The summed E-state index contributed by atoms with van der Waals surface area (Å²) < 4.78 is 0. The Bertz CT molecular complexity index is 590. The molecule has 1 N–H and O–H groups in total. The number of carbonyl (C=O) groups is 1. The zero-order valence-corrected chi connectivity index (χ0v) is 12.5. The van der Waals surface area contributed by atoms with E-state index in [1.165, 1.54) is 17.8 Å². The monoisotopic (exact) mass is 285 g/mol. The third kappa shape index (κ3) is 2.78. The maximum Gasteiger partial charge on any atom is 0.262 e. The molecule has 1 fully saturated rings. The Labute approximate surface area is 123 Å². The molecule has 0 saturated heterocycles. The van der Waals surface area contributed by atoms with Gasteiger partial charge < -0.3 is 5.32 Å². The van der Waals surface area contributed by atoms with Crippen molar-refractivity contribution in [1.29, 1.82) is 0 Å². The second-order valence-corrected chi connectivity index (χ2v) is 6.53. The number of nitrogens with one attached hydrogen (secondary N) is 1. The van der Waals surface area contributed by atoms with E-state index in [1.54, 1.807) is 0 Å². The van der Waals surface area contributed by atoms with Gasteiger partial charge in [-0.3, -0.25) is 4.79 Å². The molecule has 2 aromatic rings. The Morgan fingerprint density at radius 1 is 1.20 bits per heavy atom. The summed E-state index contributed by atoms with van der Waals surface area (Å²) in [5.74, 6) is 0.815. The molecule has 0 bridgehead atoms. The van der Waals surface area contributed by atoms with Gasteiger partial charge in [-0.05, 0) is 42.2 Å². The van der Waals surface area contributed by atoms with Gasteiger partial charge in [-0.25, -0.2) is 0 Å². The first-order valence-electron chi connectivity index (χ1n) is 7.18. The van der Waals surface area contributed by atoms with Crippen molar-refractivity contribution in [3.05, 3.63) is 46.7 Å². The molecule has 2 nitrogen and oxygen atoms in total. The lowest BCUT2D eigenvalue weighted by atomic mass is 10.1. The number of amides is 1. The lowest BCUT2D eigenvalue weighted by molar-refractivity contribution is 0.0942. The summed E-state index contributed by atoms with van der Waals surface area (Å²) in [6.45, 7) is 2.26. The number of hydrogen-bond acceptors (Lipinski definition) is 2. The normalized spacial score (nSPS) is 21.9. The quantitative estimate of drug-likeness (QED) is 0.893. The summed E-state index contributed by atoms with van der Waals surface area (Å²) in [6.07, 6.45) is 3.44. The molecule has 0 radical (unpaired) electrons. The Morgan fingerprint density at radius 3 is 2.70 bits per heavy atom. The molecule has 2 unspecified atom stereocenters. The van der Waals surface area contributed by atoms with Gasteiger partial charge in [0.25, 0.3) is 5.91 Å². The van der Waals surface area contributed by atoms with E-state index in [1.807, 2.05) is 29.6 Å². The summed E-state index contributed by atoms with van der Waals surface area (Å²) in [7, 11) is 0. The van der Waals surface area contributed by atoms with E-state index >= 15 is 0 Å². The fourth-order valence-corrected chi connectivity index (χ4v) is 3.74. The van der Waals surface area contributed by atoms with Crippen LogP contribution in [0.15, 0.2) is 41.8 Å². The van der Waals surface area contributed by atoms with Crippen LogP contribution in [0.4, 0.5) is 0 Å². The molecule has 1 saturated carbocycles. The van der Waals surface area contributed by atoms with Gasteiger partial charge in [-0.2, -0.15) is 0 Å². The van der Waals surface area contributed by atoms with Crippen molar-refractivity contribution in [1.82, 2.24) is 5.32 Å². The van der Waals surface area contributed by atoms with E-state index in [2.05, 4.69) is 24.4 Å². The number of carbonyl (C=O) groups excluding carboxylic acids is 1. The Kier molecular flexibility index (Phi) is 3.88. The fraction of sp³-hybridized carbons (Fsp3) is 0.353. The first-order chi connectivity index (χ1) is 9.74. The summed E-state index contributed by atoms with van der Waals surface area (Å²) in [6, 6.07) is 12.5. The molecule has 1 aromatic heterocycles. The van der Waals surface area contributed by atoms with Gasteiger partial charge in [0.1, 0.15) is 0 Å². The lowest BCUT2D eigenvalue weighted by Crippen LogP contribution is -2.32. The van der Waals surface area contributed by atoms with Crippen LogP contribution in [-0.4, -0.2) is 11.9 Å². The van der Waals surface area contributed by atoms with Crippen LogP contribution >= 0.6 is 11.3 Å². The summed E-state index contributed by atoms with van der Waals surface area (Å²) >= 11 is 1.52. The largest absolute Gasteiger partial charge is 0.349 e. The summed E-state index contributed by atoms with van der Waals surface area (Å²) in [5.41, 5.74) is 2.15. The zero-order valence-electron chi connectivity index (χ0n) is 11.6. The van der Waals surface area contributed by atoms with Crippen LogP contribution < -0.4 is 5.32 Å². The molecule has 1 aliphatic rings. The van der Waals surface area contributed by atoms with Gasteiger partial charge in [0.15, 0.2) is 0 Å². The van der Waals surface area contributed by atoms with E-state index in [4.69, 9.17) is 0 Å². The third-order valence-corrected chi connectivity index (χ3v) is 4.90. The minimum absolute atomic E-state index is 0.0814. The van der Waals surface area contributed by atoms with Crippen molar-refractivity contribution in [2.24, 2.45) is 5.92 Å². The molecule has 3 heteroatoms. The fourth-order valence-electron chi connectivity index (χ4n) is 2.92. The summed E-state index contributed by atoms with van der Waals surface area (Å²) in [4.78, 5) is 13.3. The molecule has 2 atom stereocenters. The molecule has 0 aliphatic heterocycles. The van der Waals surface area contributed by atoms with Gasteiger partial charge in [0, 0.05) is 11.6 Å². The van der Waals surface area contributed by atoms with Gasteiger partial charge in [0.05, 0.1) is 4.88 Å². The summed E-state index contributed by atoms with van der Waals surface area (Å²) in [5, 5.41) is 5.19. The van der Waals surface area contributed by atoms with Crippen LogP contribution in [-0.2, 0) is 0 Å². The van der Waals surface area contributed by atoms with Crippen LogP contribution in [0.3, 0.4) is 0 Å². The molecule has 20 heavy (non-hydrogen) atoms. The van der Waals surface area contributed by atoms with E-state index in [0.29, 0.717) is 6.04 Å². The molecular formula is C17H19NOS. The standard InChI is InChI=1S/C17H19NOS/c1-12-7-8-14(11-12)18-17(19)16-15(9-10-20-16)13-5-3-2-4-6-13/h2-6,9-10,12,14H,7-8,11H2,1H3,(H,18,19). The average Bonchev–Trinajstić information content (AvgIpc) is 3.09. The van der Waals surface area contributed by atoms with E-state index in [9.17, 15) is 4.79 Å². The number of benzene rings is 1. The predicted octanol–water partition coefficient (Wildman–Crippen LogP) is 4.33. The van der Waals surface area contributed by atoms with E-state index < -0.39 is 0 Å². The first-order valence-corrected chi connectivity index (χ1v) is 8.06. The van der Waals surface area contributed by atoms with Gasteiger partial charge in [0.2, 0.25) is 0 Å².